The third-order valence-corrected chi connectivity index (χ3v) is 4.97. The second-order valence-electron chi connectivity index (χ2n) is 6.53. The molecule has 3 heteroatoms. The third-order valence-electron chi connectivity index (χ3n) is 4.97. The molecule has 1 amide bonds. The van der Waals surface area contributed by atoms with Crippen molar-refractivity contribution in [1.29, 1.82) is 0 Å². The van der Waals surface area contributed by atoms with Crippen LogP contribution in [-0.4, -0.2) is 29.2 Å². The van der Waals surface area contributed by atoms with Gasteiger partial charge in [0.25, 0.3) is 0 Å². The number of amides is 1. The average Bonchev–Trinajstić information content (AvgIpc) is 2.68. The molecule has 2 aliphatic heterocycles. The zero-order chi connectivity index (χ0) is 13.9. The molecule has 104 valence electrons. The Hall–Kier alpha value is -1.77. The van der Waals surface area contributed by atoms with E-state index in [0.29, 0.717) is 12.5 Å². The minimum atomic E-state index is -0.395. The van der Waals surface area contributed by atoms with Gasteiger partial charge in [0.15, 0.2) is 0 Å². The summed E-state index contributed by atoms with van der Waals surface area (Å²) < 4.78 is 5.59. The first-order valence-corrected chi connectivity index (χ1v) is 7.36. The Kier molecular flexibility index (Phi) is 2.33. The second kappa shape index (κ2) is 3.87. The summed E-state index contributed by atoms with van der Waals surface area (Å²) in [7, 11) is 0. The number of nitrogens with zero attached hydrogens (tertiary/aromatic N) is 1. The van der Waals surface area contributed by atoms with Crippen molar-refractivity contribution in [2.24, 2.45) is 5.92 Å². The average molecular weight is 269 g/mol. The smallest absolute Gasteiger partial charge is 0.411 e. The molecule has 1 fully saturated rings. The number of hydrogen-bond donors (Lipinski definition) is 0. The molecule has 0 spiro atoms. The highest BCUT2D eigenvalue weighted by Gasteiger charge is 2.53. The summed E-state index contributed by atoms with van der Waals surface area (Å²) in [5, 5.41) is 0. The predicted molar refractivity (Wildman–Crippen MR) is 77.3 cm³/mol. The molecule has 0 saturated carbocycles. The Morgan fingerprint density at radius 3 is 2.95 bits per heavy atom. The van der Waals surface area contributed by atoms with Crippen LogP contribution in [0.5, 0.6) is 0 Å². The van der Waals surface area contributed by atoms with Gasteiger partial charge in [0.05, 0.1) is 6.04 Å². The highest BCUT2D eigenvalue weighted by molar-refractivity contribution is 5.79. The first-order valence-electron chi connectivity index (χ1n) is 7.36. The van der Waals surface area contributed by atoms with Crippen molar-refractivity contribution < 1.29 is 9.53 Å². The summed E-state index contributed by atoms with van der Waals surface area (Å²) in [6, 6.07) is 8.83. The third kappa shape index (κ3) is 1.49. The molecule has 3 nitrogen and oxygen atoms in total. The van der Waals surface area contributed by atoms with Gasteiger partial charge in [-0.25, -0.2) is 4.79 Å². The van der Waals surface area contributed by atoms with Gasteiger partial charge in [0.1, 0.15) is 5.60 Å². The quantitative estimate of drug-likeness (QED) is 0.723. The van der Waals surface area contributed by atoms with Gasteiger partial charge in [-0.15, -0.1) is 0 Å². The fraction of sp³-hybridized carbons (Fsp3) is 0.471. The molecule has 4 rings (SSSR count). The van der Waals surface area contributed by atoms with E-state index in [1.165, 1.54) is 16.7 Å². The maximum Gasteiger partial charge on any atom is 0.411 e. The Morgan fingerprint density at radius 2 is 2.10 bits per heavy atom. The summed E-state index contributed by atoms with van der Waals surface area (Å²) in [5.41, 5.74) is 3.83. The van der Waals surface area contributed by atoms with E-state index >= 15 is 0 Å². The Bertz CT molecular complexity index is 617. The van der Waals surface area contributed by atoms with E-state index in [0.717, 1.165) is 12.8 Å². The van der Waals surface area contributed by atoms with Gasteiger partial charge in [-0.2, -0.15) is 0 Å². The number of hydrogen-bond acceptors (Lipinski definition) is 2. The van der Waals surface area contributed by atoms with E-state index in [1.807, 2.05) is 18.7 Å². The summed E-state index contributed by atoms with van der Waals surface area (Å²) in [6.45, 7) is 4.76. The highest BCUT2D eigenvalue weighted by Crippen LogP contribution is 2.47. The Balaban J connectivity index is 1.82. The Labute approximate surface area is 119 Å². The molecule has 0 N–H and O–H groups in total. The molecule has 20 heavy (non-hydrogen) atoms. The zero-order valence-electron chi connectivity index (χ0n) is 11.9. The summed E-state index contributed by atoms with van der Waals surface area (Å²) in [4.78, 5) is 13.9. The van der Waals surface area contributed by atoms with Crippen LogP contribution in [0.1, 0.15) is 31.4 Å². The molecule has 2 heterocycles. The normalized spacial score (nSPS) is 30.0. The van der Waals surface area contributed by atoms with Crippen LogP contribution in [0, 0.1) is 5.92 Å². The number of fused-ring (bicyclic) bond motifs is 5. The zero-order valence-corrected chi connectivity index (χ0v) is 11.9. The first kappa shape index (κ1) is 12.0. The SMILES string of the molecule is CC1(C)OC(=O)N2CC=C3c4ccccc4CCC3C21. The molecule has 3 aliphatic rings. The lowest BCUT2D eigenvalue weighted by molar-refractivity contribution is 0.0558. The molecule has 1 saturated heterocycles. The van der Waals surface area contributed by atoms with Crippen molar-refractivity contribution in [3.63, 3.8) is 0 Å². The molecule has 2 unspecified atom stereocenters. The standard InChI is InChI=1S/C17H19NO2/c1-17(2)15-14-8-7-11-5-3-4-6-12(11)13(14)9-10-18(15)16(19)20-17/h3-6,9,14-15H,7-8,10H2,1-2H3. The van der Waals surface area contributed by atoms with E-state index < -0.39 is 5.60 Å². The maximum absolute atomic E-state index is 12.0. The molecule has 0 radical (unpaired) electrons. The van der Waals surface area contributed by atoms with Gasteiger partial charge < -0.3 is 4.74 Å². The van der Waals surface area contributed by atoms with Gasteiger partial charge in [0, 0.05) is 12.5 Å². The summed E-state index contributed by atoms with van der Waals surface area (Å²) in [5.74, 6) is 0.403. The highest BCUT2D eigenvalue weighted by atomic mass is 16.6. The van der Waals surface area contributed by atoms with Gasteiger partial charge >= 0.3 is 6.09 Å². The largest absolute Gasteiger partial charge is 0.441 e. The van der Waals surface area contributed by atoms with E-state index in [-0.39, 0.29) is 12.1 Å². The van der Waals surface area contributed by atoms with Crippen LogP contribution in [0.15, 0.2) is 30.3 Å². The number of carbonyl (C=O) groups excluding carboxylic acids is 1. The lowest BCUT2D eigenvalue weighted by atomic mass is 9.70. The molecular formula is C17H19NO2. The Morgan fingerprint density at radius 1 is 1.30 bits per heavy atom. The monoisotopic (exact) mass is 269 g/mol. The molecule has 1 aromatic carbocycles. The maximum atomic E-state index is 12.0. The number of aryl methyl sites for hydroxylation is 1. The fourth-order valence-corrected chi connectivity index (χ4v) is 4.19. The first-order chi connectivity index (χ1) is 9.58. The van der Waals surface area contributed by atoms with E-state index in [2.05, 4.69) is 30.3 Å². The van der Waals surface area contributed by atoms with E-state index in [9.17, 15) is 4.79 Å². The lowest BCUT2D eigenvalue weighted by Gasteiger charge is -2.42. The summed E-state index contributed by atoms with van der Waals surface area (Å²) >= 11 is 0. The number of rotatable bonds is 0. The predicted octanol–water partition coefficient (Wildman–Crippen LogP) is 3.25. The lowest BCUT2D eigenvalue weighted by Crippen LogP contribution is -2.50. The molecule has 0 aromatic heterocycles. The number of cyclic esters (lactones) is 1. The van der Waals surface area contributed by atoms with Crippen LogP contribution < -0.4 is 0 Å². The topological polar surface area (TPSA) is 29.5 Å². The molecule has 1 aliphatic carbocycles. The summed E-state index contributed by atoms with van der Waals surface area (Å²) in [6.07, 6.45) is 4.26. The van der Waals surface area contributed by atoms with E-state index in [4.69, 9.17) is 4.74 Å². The van der Waals surface area contributed by atoms with Gasteiger partial charge in [-0.3, -0.25) is 4.90 Å². The molecule has 2 atom stereocenters. The van der Waals surface area contributed by atoms with Gasteiger partial charge in [-0.05, 0) is 43.4 Å². The van der Waals surface area contributed by atoms with Gasteiger partial charge in [0.2, 0.25) is 0 Å². The van der Waals surface area contributed by atoms with Crippen LogP contribution in [0.2, 0.25) is 0 Å². The molecule has 0 bridgehead atoms. The van der Waals surface area contributed by atoms with Crippen molar-refractivity contribution in [3.8, 4) is 0 Å². The van der Waals surface area contributed by atoms with Crippen LogP contribution in [0.4, 0.5) is 4.79 Å². The van der Waals surface area contributed by atoms with Crippen LogP contribution in [0.25, 0.3) is 5.57 Å². The second-order valence-corrected chi connectivity index (χ2v) is 6.53. The minimum absolute atomic E-state index is 0.158. The van der Waals surface area contributed by atoms with Gasteiger partial charge in [-0.1, -0.05) is 30.3 Å². The number of ether oxygens (including phenoxy) is 1. The van der Waals surface area contributed by atoms with Crippen LogP contribution >= 0.6 is 0 Å². The van der Waals surface area contributed by atoms with Crippen molar-refractivity contribution in [2.45, 2.75) is 38.3 Å². The van der Waals surface area contributed by atoms with Crippen LogP contribution in [0.3, 0.4) is 0 Å². The number of carbonyl (C=O) groups is 1. The minimum Gasteiger partial charge on any atom is -0.441 e. The van der Waals surface area contributed by atoms with Crippen molar-refractivity contribution in [2.75, 3.05) is 6.54 Å². The van der Waals surface area contributed by atoms with Crippen molar-refractivity contribution >= 4 is 11.7 Å². The molecule has 1 aromatic rings. The number of benzene rings is 1. The fourth-order valence-electron chi connectivity index (χ4n) is 4.19. The molecular weight excluding hydrogens is 250 g/mol. The van der Waals surface area contributed by atoms with E-state index in [1.54, 1.807) is 0 Å². The van der Waals surface area contributed by atoms with Crippen LogP contribution in [-0.2, 0) is 11.2 Å². The van der Waals surface area contributed by atoms with Crippen molar-refractivity contribution in [1.82, 2.24) is 4.90 Å². The van der Waals surface area contributed by atoms with Crippen molar-refractivity contribution in [3.05, 3.63) is 41.5 Å².